The fourth-order valence-corrected chi connectivity index (χ4v) is 1.38. The van der Waals surface area contributed by atoms with E-state index in [1.54, 1.807) is 6.92 Å². The number of nitrogens with zero attached hydrogens (tertiary/aromatic N) is 2. The van der Waals surface area contributed by atoms with Gasteiger partial charge in [0.15, 0.2) is 5.82 Å². The minimum absolute atomic E-state index is 0.410. The van der Waals surface area contributed by atoms with E-state index < -0.39 is 0 Å². The Kier molecular flexibility index (Phi) is 2.87. The van der Waals surface area contributed by atoms with E-state index in [9.17, 15) is 0 Å². The molecule has 0 unspecified atom stereocenters. The van der Waals surface area contributed by atoms with Crippen molar-refractivity contribution < 1.29 is 4.52 Å². The average Bonchev–Trinajstić information content (AvgIpc) is 2.63. The van der Waals surface area contributed by atoms with Crippen molar-refractivity contribution in [3.05, 3.63) is 40.7 Å². The van der Waals surface area contributed by atoms with E-state index >= 15 is 0 Å². The van der Waals surface area contributed by atoms with Crippen LogP contribution in [-0.4, -0.2) is 10.1 Å². The lowest BCUT2D eigenvalue weighted by Gasteiger charge is -2.02. The molecule has 0 spiro atoms. The van der Waals surface area contributed by atoms with Crippen LogP contribution < -0.4 is 5.32 Å². The number of hydrogen-bond donors (Lipinski definition) is 1. The number of anilines is 1. The molecule has 2 aromatic rings. The van der Waals surface area contributed by atoms with Gasteiger partial charge in [-0.15, -0.1) is 0 Å². The van der Waals surface area contributed by atoms with Crippen LogP contribution in [0, 0.1) is 6.92 Å². The molecule has 0 fully saturated rings. The molecular formula is C10H10ClN3O. The molecular weight excluding hydrogens is 214 g/mol. The normalized spacial score (nSPS) is 10.3. The number of aryl methyl sites for hydroxylation is 1. The van der Waals surface area contributed by atoms with Gasteiger partial charge in [-0.2, -0.15) is 4.98 Å². The van der Waals surface area contributed by atoms with Crippen LogP contribution in [0.15, 0.2) is 28.8 Å². The first-order valence-electron chi connectivity index (χ1n) is 4.53. The number of aromatic nitrogens is 2. The summed E-state index contributed by atoms with van der Waals surface area (Å²) < 4.78 is 4.91. The van der Waals surface area contributed by atoms with Crippen molar-refractivity contribution in [2.24, 2.45) is 0 Å². The van der Waals surface area contributed by atoms with Gasteiger partial charge in [-0.05, 0) is 18.6 Å². The summed E-state index contributed by atoms with van der Waals surface area (Å²) in [6.45, 7) is 2.34. The summed E-state index contributed by atoms with van der Waals surface area (Å²) in [6, 6.07) is 8.02. The maximum Gasteiger partial charge on any atom is 0.321 e. The van der Waals surface area contributed by atoms with Crippen LogP contribution >= 0.6 is 11.6 Å². The summed E-state index contributed by atoms with van der Waals surface area (Å²) in [5, 5.41) is 7.39. The molecule has 0 saturated carbocycles. The zero-order valence-corrected chi connectivity index (χ0v) is 8.95. The SMILES string of the molecule is Cc1noc(NCc2ccccc2Cl)n1. The Morgan fingerprint density at radius 3 is 2.87 bits per heavy atom. The summed E-state index contributed by atoms with van der Waals surface area (Å²) >= 11 is 5.99. The van der Waals surface area contributed by atoms with Gasteiger partial charge in [-0.25, -0.2) is 0 Å². The van der Waals surface area contributed by atoms with Crippen molar-refractivity contribution in [1.82, 2.24) is 10.1 Å². The zero-order valence-electron chi connectivity index (χ0n) is 8.20. The summed E-state index contributed by atoms with van der Waals surface area (Å²) in [5.41, 5.74) is 0.995. The van der Waals surface area contributed by atoms with Gasteiger partial charge >= 0.3 is 6.01 Å². The van der Waals surface area contributed by atoms with Crippen LogP contribution in [0.1, 0.15) is 11.4 Å². The Bertz CT molecular complexity index is 455. The molecule has 0 atom stereocenters. The monoisotopic (exact) mass is 223 g/mol. The van der Waals surface area contributed by atoms with Crippen molar-refractivity contribution in [3.63, 3.8) is 0 Å². The van der Waals surface area contributed by atoms with Crippen LogP contribution in [0.3, 0.4) is 0 Å². The summed E-state index contributed by atoms with van der Waals surface area (Å²) in [4.78, 5) is 4.02. The smallest absolute Gasteiger partial charge is 0.321 e. The lowest BCUT2D eigenvalue weighted by molar-refractivity contribution is 0.425. The quantitative estimate of drug-likeness (QED) is 0.869. The highest BCUT2D eigenvalue weighted by Crippen LogP contribution is 2.16. The lowest BCUT2D eigenvalue weighted by atomic mass is 10.2. The first-order chi connectivity index (χ1) is 7.25. The highest BCUT2D eigenvalue weighted by molar-refractivity contribution is 6.31. The Morgan fingerprint density at radius 1 is 1.40 bits per heavy atom. The molecule has 1 heterocycles. The highest BCUT2D eigenvalue weighted by atomic mass is 35.5. The molecule has 2 rings (SSSR count). The summed E-state index contributed by atoms with van der Waals surface area (Å²) in [6.07, 6.45) is 0. The second-order valence-corrected chi connectivity index (χ2v) is 3.50. The van der Waals surface area contributed by atoms with Gasteiger partial charge in [0.1, 0.15) is 0 Å². The third-order valence-corrected chi connectivity index (χ3v) is 2.28. The molecule has 0 aliphatic rings. The zero-order chi connectivity index (χ0) is 10.7. The van der Waals surface area contributed by atoms with Crippen LogP contribution in [-0.2, 0) is 6.54 Å². The third-order valence-electron chi connectivity index (χ3n) is 1.92. The topological polar surface area (TPSA) is 51.0 Å². The van der Waals surface area contributed by atoms with E-state index in [2.05, 4.69) is 15.5 Å². The Labute approximate surface area is 92.3 Å². The molecule has 1 aromatic heterocycles. The van der Waals surface area contributed by atoms with Crippen LogP contribution in [0.5, 0.6) is 0 Å². The number of hydrogen-bond acceptors (Lipinski definition) is 4. The maximum absolute atomic E-state index is 5.99. The van der Waals surface area contributed by atoms with Gasteiger partial charge in [0.2, 0.25) is 0 Å². The lowest BCUT2D eigenvalue weighted by Crippen LogP contribution is -1.99. The highest BCUT2D eigenvalue weighted by Gasteiger charge is 2.03. The minimum Gasteiger partial charge on any atom is -0.334 e. The van der Waals surface area contributed by atoms with E-state index in [1.807, 2.05) is 24.3 Å². The Hall–Kier alpha value is -1.55. The van der Waals surface area contributed by atoms with Crippen molar-refractivity contribution >= 4 is 17.6 Å². The van der Waals surface area contributed by atoms with Gasteiger partial charge in [0.05, 0.1) is 0 Å². The molecule has 1 N–H and O–H groups in total. The maximum atomic E-state index is 5.99. The molecule has 78 valence electrons. The number of rotatable bonds is 3. The molecule has 0 radical (unpaired) electrons. The fraction of sp³-hybridized carbons (Fsp3) is 0.200. The second-order valence-electron chi connectivity index (χ2n) is 3.09. The summed E-state index contributed by atoms with van der Waals surface area (Å²) in [5.74, 6) is 0.608. The number of halogens is 1. The molecule has 0 aliphatic heterocycles. The van der Waals surface area contributed by atoms with Gasteiger partial charge in [0.25, 0.3) is 0 Å². The third kappa shape index (κ3) is 2.47. The summed E-state index contributed by atoms with van der Waals surface area (Å²) in [7, 11) is 0. The molecule has 0 saturated heterocycles. The second kappa shape index (κ2) is 4.31. The molecule has 4 nitrogen and oxygen atoms in total. The van der Waals surface area contributed by atoms with Crippen molar-refractivity contribution in [2.75, 3.05) is 5.32 Å². The molecule has 15 heavy (non-hydrogen) atoms. The minimum atomic E-state index is 0.410. The van der Waals surface area contributed by atoms with Crippen molar-refractivity contribution in [3.8, 4) is 0 Å². The van der Waals surface area contributed by atoms with E-state index in [-0.39, 0.29) is 0 Å². The molecule has 0 bridgehead atoms. The van der Waals surface area contributed by atoms with E-state index in [0.29, 0.717) is 18.4 Å². The van der Waals surface area contributed by atoms with E-state index in [0.717, 1.165) is 10.6 Å². The predicted octanol–water partition coefficient (Wildman–Crippen LogP) is 2.64. The number of benzene rings is 1. The molecule has 1 aromatic carbocycles. The first-order valence-corrected chi connectivity index (χ1v) is 4.91. The van der Waals surface area contributed by atoms with Gasteiger partial charge in [-0.1, -0.05) is 35.0 Å². The largest absolute Gasteiger partial charge is 0.334 e. The van der Waals surface area contributed by atoms with E-state index in [1.165, 1.54) is 0 Å². The van der Waals surface area contributed by atoms with Crippen LogP contribution in [0.2, 0.25) is 5.02 Å². The predicted molar refractivity (Wildman–Crippen MR) is 57.8 cm³/mol. The van der Waals surface area contributed by atoms with Crippen molar-refractivity contribution in [1.29, 1.82) is 0 Å². The Balaban J connectivity index is 2.02. The molecule has 0 aliphatic carbocycles. The van der Waals surface area contributed by atoms with Gasteiger partial charge in [0, 0.05) is 11.6 Å². The molecule has 0 amide bonds. The van der Waals surface area contributed by atoms with Crippen LogP contribution in [0.25, 0.3) is 0 Å². The fourth-order valence-electron chi connectivity index (χ4n) is 1.18. The Morgan fingerprint density at radius 2 is 2.20 bits per heavy atom. The first kappa shape index (κ1) is 9.98. The number of nitrogens with one attached hydrogen (secondary N) is 1. The van der Waals surface area contributed by atoms with Crippen LogP contribution in [0.4, 0.5) is 6.01 Å². The van der Waals surface area contributed by atoms with Gasteiger partial charge < -0.3 is 9.84 Å². The average molecular weight is 224 g/mol. The standard InChI is InChI=1S/C10H10ClN3O/c1-7-13-10(15-14-7)12-6-8-4-2-3-5-9(8)11/h2-5H,6H2,1H3,(H,12,13,14). The van der Waals surface area contributed by atoms with Crippen molar-refractivity contribution in [2.45, 2.75) is 13.5 Å². The molecule has 5 heteroatoms. The van der Waals surface area contributed by atoms with Gasteiger partial charge in [-0.3, -0.25) is 0 Å². The van der Waals surface area contributed by atoms with E-state index in [4.69, 9.17) is 16.1 Å².